The first-order valence-electron chi connectivity index (χ1n) is 6.44. The van der Waals surface area contributed by atoms with Crippen LogP contribution in [0.5, 0.6) is 5.75 Å². The molecule has 1 N–H and O–H groups in total. The van der Waals surface area contributed by atoms with E-state index in [4.69, 9.17) is 4.74 Å². The molecule has 0 radical (unpaired) electrons. The molecule has 5 nitrogen and oxygen atoms in total. The minimum atomic E-state index is -3.55. The maximum Gasteiger partial charge on any atom is 0.246 e. The average molecular weight is 400 g/mol. The van der Waals surface area contributed by atoms with E-state index in [1.54, 1.807) is 18.2 Å². The van der Waals surface area contributed by atoms with Gasteiger partial charge in [-0.05, 0) is 32.0 Å². The Labute approximate surface area is 140 Å². The lowest BCUT2D eigenvalue weighted by molar-refractivity contribution is 0.262. The normalized spacial score (nSPS) is 23.4. The third-order valence-corrected chi connectivity index (χ3v) is 5.61. The minimum Gasteiger partial charge on any atom is -0.495 e. The Hall–Kier alpha value is -0.340. The van der Waals surface area contributed by atoms with Crippen molar-refractivity contribution in [3.8, 4) is 5.75 Å². The van der Waals surface area contributed by atoms with Gasteiger partial charge in [0.05, 0.1) is 7.11 Å². The highest BCUT2D eigenvalue weighted by atomic mass is 79.9. The van der Waals surface area contributed by atoms with E-state index in [1.165, 1.54) is 11.4 Å². The van der Waals surface area contributed by atoms with Crippen molar-refractivity contribution < 1.29 is 13.2 Å². The molecule has 120 valence electrons. The van der Waals surface area contributed by atoms with E-state index in [-0.39, 0.29) is 29.4 Å². The largest absolute Gasteiger partial charge is 0.495 e. The molecule has 21 heavy (non-hydrogen) atoms. The Balaban J connectivity index is 0.00000220. The number of sulfonamides is 1. The van der Waals surface area contributed by atoms with Crippen LogP contribution in [-0.4, -0.2) is 45.0 Å². The molecule has 1 fully saturated rings. The first-order valence-corrected chi connectivity index (χ1v) is 8.67. The van der Waals surface area contributed by atoms with Crippen molar-refractivity contribution >= 4 is 38.4 Å². The summed E-state index contributed by atoms with van der Waals surface area (Å²) in [6.45, 7) is 4.89. The Morgan fingerprint density at radius 1 is 1.29 bits per heavy atom. The maximum atomic E-state index is 12.8. The molecule has 1 saturated heterocycles. The standard InChI is InChI=1S/C13H19BrN2O3S.ClH/c1-9-7-16(8-10(2)15-9)20(17,18)13-6-11(14)4-5-12(13)19-3;/h4-6,9-10,15H,7-8H2,1-3H3;1H. The van der Waals surface area contributed by atoms with E-state index in [1.807, 2.05) is 13.8 Å². The molecule has 0 bridgehead atoms. The van der Waals surface area contributed by atoms with Crippen LogP contribution < -0.4 is 10.1 Å². The molecule has 0 aromatic heterocycles. The number of ether oxygens (including phenoxy) is 1. The lowest BCUT2D eigenvalue weighted by Crippen LogP contribution is -2.55. The van der Waals surface area contributed by atoms with Gasteiger partial charge in [-0.3, -0.25) is 0 Å². The summed E-state index contributed by atoms with van der Waals surface area (Å²) in [6.07, 6.45) is 0. The second-order valence-electron chi connectivity index (χ2n) is 5.09. The van der Waals surface area contributed by atoms with Crippen LogP contribution in [0.1, 0.15) is 13.8 Å². The Bertz CT molecular complexity index is 587. The fourth-order valence-corrected chi connectivity index (χ4v) is 4.78. The van der Waals surface area contributed by atoms with Gasteiger partial charge in [-0.15, -0.1) is 12.4 Å². The average Bonchev–Trinajstić information content (AvgIpc) is 2.37. The summed E-state index contributed by atoms with van der Waals surface area (Å²) < 4.78 is 33.0. The monoisotopic (exact) mass is 398 g/mol. The first-order chi connectivity index (χ1) is 9.34. The molecule has 1 aromatic rings. The van der Waals surface area contributed by atoms with Gasteiger partial charge in [0.15, 0.2) is 0 Å². The summed E-state index contributed by atoms with van der Waals surface area (Å²) in [5, 5.41) is 3.33. The summed E-state index contributed by atoms with van der Waals surface area (Å²) in [5.74, 6) is 0.368. The Kier molecular flexibility index (Phi) is 6.49. The number of benzene rings is 1. The van der Waals surface area contributed by atoms with Gasteiger partial charge in [0.1, 0.15) is 10.6 Å². The van der Waals surface area contributed by atoms with Crippen molar-refractivity contribution in [2.45, 2.75) is 30.8 Å². The summed E-state index contributed by atoms with van der Waals surface area (Å²) in [6, 6.07) is 5.27. The SMILES string of the molecule is COc1ccc(Br)cc1S(=O)(=O)N1CC(C)NC(C)C1.Cl. The highest BCUT2D eigenvalue weighted by Gasteiger charge is 2.33. The molecule has 1 aromatic carbocycles. The van der Waals surface area contributed by atoms with Crippen molar-refractivity contribution in [3.63, 3.8) is 0 Å². The first kappa shape index (κ1) is 18.7. The van der Waals surface area contributed by atoms with Crippen molar-refractivity contribution in [2.24, 2.45) is 0 Å². The number of piperazine rings is 1. The molecule has 1 aliphatic heterocycles. The van der Waals surface area contributed by atoms with E-state index in [0.29, 0.717) is 23.3 Å². The lowest BCUT2D eigenvalue weighted by Gasteiger charge is -2.35. The fourth-order valence-electron chi connectivity index (χ4n) is 2.46. The molecule has 0 saturated carbocycles. The van der Waals surface area contributed by atoms with Crippen molar-refractivity contribution in [1.29, 1.82) is 0 Å². The van der Waals surface area contributed by atoms with Gasteiger partial charge in [0, 0.05) is 29.6 Å². The van der Waals surface area contributed by atoms with Gasteiger partial charge in [-0.2, -0.15) is 4.31 Å². The van der Waals surface area contributed by atoms with Crippen LogP contribution in [0.2, 0.25) is 0 Å². The third-order valence-electron chi connectivity index (χ3n) is 3.27. The van der Waals surface area contributed by atoms with E-state index >= 15 is 0 Å². The Morgan fingerprint density at radius 3 is 2.38 bits per heavy atom. The van der Waals surface area contributed by atoms with Crippen LogP contribution in [-0.2, 0) is 10.0 Å². The minimum absolute atomic E-state index is 0. The van der Waals surface area contributed by atoms with E-state index < -0.39 is 10.0 Å². The number of hydrogen-bond donors (Lipinski definition) is 1. The summed E-state index contributed by atoms with van der Waals surface area (Å²) >= 11 is 3.31. The molecule has 2 unspecified atom stereocenters. The van der Waals surface area contributed by atoms with Gasteiger partial charge in [0.2, 0.25) is 10.0 Å². The summed E-state index contributed by atoms with van der Waals surface area (Å²) in [7, 11) is -2.08. The zero-order valence-corrected chi connectivity index (χ0v) is 15.4. The van der Waals surface area contributed by atoms with Crippen molar-refractivity contribution in [2.75, 3.05) is 20.2 Å². The van der Waals surface area contributed by atoms with Gasteiger partial charge in [-0.25, -0.2) is 8.42 Å². The predicted octanol–water partition coefficient (Wildman–Crippen LogP) is 2.25. The van der Waals surface area contributed by atoms with Gasteiger partial charge in [-0.1, -0.05) is 15.9 Å². The number of rotatable bonds is 3. The van der Waals surface area contributed by atoms with Crippen LogP contribution in [0.25, 0.3) is 0 Å². The van der Waals surface area contributed by atoms with Crippen LogP contribution in [0.15, 0.2) is 27.6 Å². The van der Waals surface area contributed by atoms with Crippen LogP contribution in [0.3, 0.4) is 0 Å². The number of nitrogens with one attached hydrogen (secondary N) is 1. The molecular formula is C13H20BrClN2O3S. The van der Waals surface area contributed by atoms with Crippen LogP contribution >= 0.6 is 28.3 Å². The highest BCUT2D eigenvalue weighted by molar-refractivity contribution is 9.10. The van der Waals surface area contributed by atoms with Crippen molar-refractivity contribution in [3.05, 3.63) is 22.7 Å². The van der Waals surface area contributed by atoms with Gasteiger partial charge >= 0.3 is 0 Å². The molecule has 0 aliphatic carbocycles. The second kappa shape index (κ2) is 7.28. The molecule has 2 atom stereocenters. The zero-order valence-electron chi connectivity index (χ0n) is 12.2. The van der Waals surface area contributed by atoms with Gasteiger partial charge < -0.3 is 10.1 Å². The molecular weight excluding hydrogens is 380 g/mol. The topological polar surface area (TPSA) is 58.6 Å². The smallest absolute Gasteiger partial charge is 0.246 e. The molecule has 0 amide bonds. The molecule has 0 spiro atoms. The zero-order chi connectivity index (χ0) is 14.9. The fraction of sp³-hybridized carbons (Fsp3) is 0.538. The van der Waals surface area contributed by atoms with Crippen molar-refractivity contribution in [1.82, 2.24) is 9.62 Å². The predicted molar refractivity (Wildman–Crippen MR) is 88.8 cm³/mol. The van der Waals surface area contributed by atoms with Crippen LogP contribution in [0.4, 0.5) is 0 Å². The number of methoxy groups -OCH3 is 1. The lowest BCUT2D eigenvalue weighted by atomic mass is 10.2. The molecule has 8 heteroatoms. The highest BCUT2D eigenvalue weighted by Crippen LogP contribution is 2.30. The second-order valence-corrected chi connectivity index (χ2v) is 7.91. The van der Waals surface area contributed by atoms with Crippen LogP contribution in [0, 0.1) is 0 Å². The maximum absolute atomic E-state index is 12.8. The number of nitrogens with zero attached hydrogens (tertiary/aromatic N) is 1. The number of hydrogen-bond acceptors (Lipinski definition) is 4. The van der Waals surface area contributed by atoms with E-state index in [2.05, 4.69) is 21.2 Å². The molecule has 1 heterocycles. The van der Waals surface area contributed by atoms with Gasteiger partial charge in [0.25, 0.3) is 0 Å². The van der Waals surface area contributed by atoms with E-state index in [9.17, 15) is 8.42 Å². The molecule has 1 aliphatic rings. The summed E-state index contributed by atoms with van der Waals surface area (Å²) in [5.41, 5.74) is 0. The number of halogens is 2. The quantitative estimate of drug-likeness (QED) is 0.847. The Morgan fingerprint density at radius 2 is 1.86 bits per heavy atom. The third kappa shape index (κ3) is 4.10. The summed E-state index contributed by atoms with van der Waals surface area (Å²) in [4.78, 5) is 0.204. The van der Waals surface area contributed by atoms with E-state index in [0.717, 1.165) is 0 Å². The molecule has 2 rings (SSSR count).